The Morgan fingerprint density at radius 3 is 3.00 bits per heavy atom. The smallest absolute Gasteiger partial charge is 0.317 e. The van der Waals surface area contributed by atoms with Crippen molar-refractivity contribution >= 4 is 5.97 Å². The number of likely N-dealkylation sites (N-methyl/N-ethyl adjacent to an activating group) is 1. The van der Waals surface area contributed by atoms with Gasteiger partial charge in [-0.15, -0.1) is 0 Å². The van der Waals surface area contributed by atoms with Gasteiger partial charge < -0.3 is 9.84 Å². The average molecular weight is 173 g/mol. The number of nitrogens with zero attached hydrogens (tertiary/aromatic N) is 1. The minimum absolute atomic E-state index is 0.122. The highest BCUT2D eigenvalue weighted by molar-refractivity contribution is 5.68. The Labute approximate surface area is 72.1 Å². The summed E-state index contributed by atoms with van der Waals surface area (Å²) in [7, 11) is 1.83. The highest BCUT2D eigenvalue weighted by Gasteiger charge is 2.18. The van der Waals surface area contributed by atoms with E-state index in [1.807, 2.05) is 11.9 Å². The van der Waals surface area contributed by atoms with E-state index in [1.165, 1.54) is 0 Å². The highest BCUT2D eigenvalue weighted by atomic mass is 16.5. The molecule has 0 aliphatic carbocycles. The van der Waals surface area contributed by atoms with Crippen molar-refractivity contribution in [1.29, 1.82) is 0 Å². The first-order valence-corrected chi connectivity index (χ1v) is 4.16. The zero-order valence-corrected chi connectivity index (χ0v) is 7.32. The normalized spacial score (nSPS) is 23.3. The maximum absolute atomic E-state index is 10.3. The van der Waals surface area contributed by atoms with Crippen molar-refractivity contribution in [3.63, 3.8) is 0 Å². The highest BCUT2D eigenvalue weighted by Crippen LogP contribution is 2.12. The third-order valence-electron chi connectivity index (χ3n) is 2.00. The molecular weight excluding hydrogens is 158 g/mol. The van der Waals surface area contributed by atoms with Crippen LogP contribution < -0.4 is 0 Å². The van der Waals surface area contributed by atoms with E-state index in [4.69, 9.17) is 9.84 Å². The number of rotatable bonds is 4. The molecule has 1 rings (SSSR count). The molecule has 0 saturated carbocycles. The third kappa shape index (κ3) is 3.19. The first-order chi connectivity index (χ1) is 5.68. The standard InChI is InChI=1S/C8H15NO3/c1-9(5-8(10)11)4-7-2-3-12-6-7/h7H,2-6H2,1H3,(H,10,11). The Kier molecular flexibility index (Phi) is 3.49. The predicted octanol–water partition coefficient (Wildman–Crippen LogP) is 0.0393. The van der Waals surface area contributed by atoms with Crippen LogP contribution in [-0.2, 0) is 9.53 Å². The SMILES string of the molecule is CN(CC(=O)O)CC1CCOC1. The first kappa shape index (κ1) is 9.48. The lowest BCUT2D eigenvalue weighted by molar-refractivity contribution is -0.138. The largest absolute Gasteiger partial charge is 0.480 e. The van der Waals surface area contributed by atoms with E-state index in [-0.39, 0.29) is 6.54 Å². The van der Waals surface area contributed by atoms with E-state index < -0.39 is 5.97 Å². The minimum Gasteiger partial charge on any atom is -0.480 e. The molecule has 0 aromatic carbocycles. The van der Waals surface area contributed by atoms with Crippen LogP contribution >= 0.6 is 0 Å². The molecule has 1 aliphatic heterocycles. The number of carboxylic acid groups (broad SMARTS) is 1. The third-order valence-corrected chi connectivity index (χ3v) is 2.00. The minimum atomic E-state index is -0.767. The fourth-order valence-electron chi connectivity index (χ4n) is 1.46. The Morgan fingerprint density at radius 2 is 2.50 bits per heavy atom. The molecule has 0 amide bonds. The number of carboxylic acids is 1. The van der Waals surface area contributed by atoms with Gasteiger partial charge in [0.1, 0.15) is 0 Å². The van der Waals surface area contributed by atoms with Crippen molar-refractivity contribution < 1.29 is 14.6 Å². The Bertz CT molecular complexity index is 154. The maximum atomic E-state index is 10.3. The second-order valence-corrected chi connectivity index (χ2v) is 3.32. The van der Waals surface area contributed by atoms with Crippen molar-refractivity contribution in [1.82, 2.24) is 4.90 Å². The molecule has 1 atom stereocenters. The molecule has 1 aliphatic rings. The van der Waals surface area contributed by atoms with Gasteiger partial charge in [-0.2, -0.15) is 0 Å². The number of aliphatic carboxylic acids is 1. The molecule has 4 nitrogen and oxygen atoms in total. The van der Waals surface area contributed by atoms with Crippen LogP contribution in [0.1, 0.15) is 6.42 Å². The molecule has 1 heterocycles. The van der Waals surface area contributed by atoms with Gasteiger partial charge in [0.25, 0.3) is 0 Å². The summed E-state index contributed by atoms with van der Waals surface area (Å²) in [6, 6.07) is 0. The van der Waals surface area contributed by atoms with Gasteiger partial charge in [0.2, 0.25) is 0 Å². The summed E-state index contributed by atoms with van der Waals surface area (Å²) >= 11 is 0. The van der Waals surface area contributed by atoms with E-state index in [2.05, 4.69) is 0 Å². The molecule has 70 valence electrons. The molecule has 0 spiro atoms. The van der Waals surface area contributed by atoms with Crippen LogP contribution in [0.5, 0.6) is 0 Å². The molecule has 1 N–H and O–H groups in total. The zero-order valence-electron chi connectivity index (χ0n) is 7.32. The van der Waals surface area contributed by atoms with E-state index in [0.717, 1.165) is 26.2 Å². The van der Waals surface area contributed by atoms with Gasteiger partial charge in [0.15, 0.2) is 0 Å². The summed E-state index contributed by atoms with van der Waals surface area (Å²) in [5.74, 6) is -0.245. The van der Waals surface area contributed by atoms with Crippen molar-refractivity contribution in [2.45, 2.75) is 6.42 Å². The van der Waals surface area contributed by atoms with Gasteiger partial charge in [-0.05, 0) is 19.4 Å². The fourth-order valence-corrected chi connectivity index (χ4v) is 1.46. The van der Waals surface area contributed by atoms with Crippen molar-refractivity contribution in [3.8, 4) is 0 Å². The molecule has 0 aromatic heterocycles. The summed E-state index contributed by atoms with van der Waals surface area (Å²) in [4.78, 5) is 12.1. The van der Waals surface area contributed by atoms with Gasteiger partial charge in [-0.3, -0.25) is 9.69 Å². The monoisotopic (exact) mass is 173 g/mol. The Hall–Kier alpha value is -0.610. The summed E-state index contributed by atoms with van der Waals surface area (Å²) in [6.07, 6.45) is 1.06. The maximum Gasteiger partial charge on any atom is 0.317 e. The lowest BCUT2D eigenvalue weighted by atomic mass is 10.1. The van der Waals surface area contributed by atoms with E-state index >= 15 is 0 Å². The molecule has 4 heteroatoms. The predicted molar refractivity (Wildman–Crippen MR) is 44.1 cm³/mol. The second-order valence-electron chi connectivity index (χ2n) is 3.32. The van der Waals surface area contributed by atoms with Gasteiger partial charge in [-0.25, -0.2) is 0 Å². The Morgan fingerprint density at radius 1 is 1.75 bits per heavy atom. The zero-order chi connectivity index (χ0) is 8.97. The molecule has 1 fully saturated rings. The second kappa shape index (κ2) is 4.42. The number of hydrogen-bond acceptors (Lipinski definition) is 3. The lowest BCUT2D eigenvalue weighted by Crippen LogP contribution is -2.30. The number of hydrogen-bond donors (Lipinski definition) is 1. The van der Waals surface area contributed by atoms with Crippen molar-refractivity contribution in [3.05, 3.63) is 0 Å². The van der Waals surface area contributed by atoms with Gasteiger partial charge in [-0.1, -0.05) is 0 Å². The molecule has 12 heavy (non-hydrogen) atoms. The number of carbonyl (C=O) groups is 1. The van der Waals surface area contributed by atoms with E-state index in [9.17, 15) is 4.79 Å². The molecule has 1 saturated heterocycles. The van der Waals surface area contributed by atoms with Gasteiger partial charge >= 0.3 is 5.97 Å². The lowest BCUT2D eigenvalue weighted by Gasteiger charge is -2.17. The summed E-state index contributed by atoms with van der Waals surface area (Å²) < 4.78 is 5.19. The van der Waals surface area contributed by atoms with E-state index in [0.29, 0.717) is 5.92 Å². The number of ether oxygens (including phenoxy) is 1. The van der Waals surface area contributed by atoms with Gasteiger partial charge in [0, 0.05) is 13.2 Å². The average Bonchev–Trinajstić information content (AvgIpc) is 2.37. The van der Waals surface area contributed by atoms with Crippen molar-refractivity contribution in [2.75, 3.05) is 33.4 Å². The van der Waals surface area contributed by atoms with E-state index in [1.54, 1.807) is 0 Å². The van der Waals surface area contributed by atoms with Gasteiger partial charge in [0.05, 0.1) is 13.2 Å². The van der Waals surface area contributed by atoms with Crippen LogP contribution in [-0.4, -0.2) is 49.3 Å². The molecule has 0 radical (unpaired) electrons. The van der Waals surface area contributed by atoms with Crippen LogP contribution in [0.4, 0.5) is 0 Å². The molecule has 1 unspecified atom stereocenters. The van der Waals surface area contributed by atoms with Crippen LogP contribution in [0.2, 0.25) is 0 Å². The topological polar surface area (TPSA) is 49.8 Å². The molecule has 0 aromatic rings. The molecule has 0 bridgehead atoms. The molecular formula is C8H15NO3. The van der Waals surface area contributed by atoms with Crippen molar-refractivity contribution in [2.24, 2.45) is 5.92 Å². The quantitative estimate of drug-likeness (QED) is 0.652. The van der Waals surface area contributed by atoms with Crippen LogP contribution in [0.15, 0.2) is 0 Å². The summed E-state index contributed by atoms with van der Waals surface area (Å²) in [6.45, 7) is 2.55. The Balaban J connectivity index is 2.16. The summed E-state index contributed by atoms with van der Waals surface area (Å²) in [5, 5.41) is 8.48. The van der Waals surface area contributed by atoms with Crippen LogP contribution in [0, 0.1) is 5.92 Å². The first-order valence-electron chi connectivity index (χ1n) is 4.16. The van der Waals surface area contributed by atoms with Crippen LogP contribution in [0.25, 0.3) is 0 Å². The summed E-state index contributed by atoms with van der Waals surface area (Å²) in [5.41, 5.74) is 0. The fraction of sp³-hybridized carbons (Fsp3) is 0.875. The van der Waals surface area contributed by atoms with Crippen LogP contribution in [0.3, 0.4) is 0 Å².